The fourth-order valence-corrected chi connectivity index (χ4v) is 4.84. The topological polar surface area (TPSA) is 139 Å². The quantitative estimate of drug-likeness (QED) is 0.362. The lowest BCUT2D eigenvalue weighted by Gasteiger charge is -2.21. The average Bonchev–Trinajstić information content (AvgIpc) is 2.78. The van der Waals surface area contributed by atoms with Crippen molar-refractivity contribution in [1.29, 1.82) is 0 Å². The molecule has 0 aliphatic carbocycles. The molecule has 2 aromatic rings. The molecule has 0 saturated carbocycles. The largest absolute Gasteiger partial charge is 0.481 e. The van der Waals surface area contributed by atoms with E-state index in [1.54, 1.807) is 56.3 Å². The van der Waals surface area contributed by atoms with E-state index in [0.717, 1.165) is 11.1 Å². The molecule has 0 aromatic heterocycles. The minimum absolute atomic E-state index is 0.0829. The van der Waals surface area contributed by atoms with Crippen molar-refractivity contribution in [3.8, 4) is 0 Å². The maximum atomic E-state index is 12.0. The molecule has 0 unspecified atom stereocenters. The van der Waals surface area contributed by atoms with E-state index in [-0.39, 0.29) is 31.1 Å². The van der Waals surface area contributed by atoms with Crippen molar-refractivity contribution in [3.63, 3.8) is 0 Å². The number of hydrogen-bond acceptors (Lipinski definition) is 6. The molecule has 0 saturated heterocycles. The van der Waals surface area contributed by atoms with Crippen molar-refractivity contribution < 1.29 is 32.6 Å². The summed E-state index contributed by atoms with van der Waals surface area (Å²) in [5.41, 5.74) is 1.86. The lowest BCUT2D eigenvalue weighted by molar-refractivity contribution is -0.143. The highest BCUT2D eigenvalue weighted by Crippen LogP contribution is 2.16. The standard InChI is InChI=1S/C16H21NO5.C11H17NO2S/c1-2-22-16(21)5-3-4-14(18)17-13-9-6-12(7-10-13)8-11-15(19)20;1-9-7-5-6-8-10(9)15(13,14)12-11(2,3)4/h6-7,9-10H,2-5,8,11H2,1H3,(H,17,18)(H,19,20);5-8,12H,1-4H3. The van der Waals surface area contributed by atoms with Crippen LogP contribution in [0.25, 0.3) is 0 Å². The molecule has 9 nitrogen and oxygen atoms in total. The van der Waals surface area contributed by atoms with Crippen LogP contribution < -0.4 is 10.0 Å². The van der Waals surface area contributed by atoms with E-state index < -0.39 is 21.5 Å². The van der Waals surface area contributed by atoms with Gasteiger partial charge < -0.3 is 15.2 Å². The zero-order valence-electron chi connectivity index (χ0n) is 22.2. The number of carboxylic acids is 1. The number of carbonyl (C=O) groups is 3. The molecule has 0 aliphatic heterocycles. The number of amides is 1. The monoisotopic (exact) mass is 534 g/mol. The van der Waals surface area contributed by atoms with Gasteiger partial charge in [-0.1, -0.05) is 30.3 Å². The van der Waals surface area contributed by atoms with E-state index in [2.05, 4.69) is 10.0 Å². The Morgan fingerprint density at radius 2 is 1.57 bits per heavy atom. The predicted molar refractivity (Wildman–Crippen MR) is 143 cm³/mol. The maximum Gasteiger partial charge on any atom is 0.305 e. The lowest BCUT2D eigenvalue weighted by Crippen LogP contribution is -2.40. The Balaban J connectivity index is 0.000000397. The molecule has 0 fully saturated rings. The summed E-state index contributed by atoms with van der Waals surface area (Å²) >= 11 is 0. The lowest BCUT2D eigenvalue weighted by atomic mass is 10.1. The maximum absolute atomic E-state index is 12.0. The second kappa shape index (κ2) is 15.1. The van der Waals surface area contributed by atoms with Gasteiger partial charge in [0.2, 0.25) is 15.9 Å². The normalized spacial score (nSPS) is 11.2. The molecule has 0 aliphatic rings. The Morgan fingerprint density at radius 3 is 2.11 bits per heavy atom. The Labute approximate surface area is 219 Å². The zero-order chi connectivity index (χ0) is 28.1. The molecule has 2 aromatic carbocycles. The van der Waals surface area contributed by atoms with E-state index in [1.165, 1.54) is 0 Å². The summed E-state index contributed by atoms with van der Waals surface area (Å²) in [6.07, 6.45) is 1.47. The highest BCUT2D eigenvalue weighted by Gasteiger charge is 2.22. The predicted octanol–water partition coefficient (Wildman–Crippen LogP) is 4.45. The third-order valence-electron chi connectivity index (χ3n) is 4.78. The highest BCUT2D eigenvalue weighted by atomic mass is 32.2. The van der Waals surface area contributed by atoms with Gasteiger partial charge in [0, 0.05) is 30.5 Å². The molecule has 0 radical (unpaired) electrons. The summed E-state index contributed by atoms with van der Waals surface area (Å²) < 4.78 is 31.3. The third-order valence-corrected chi connectivity index (χ3v) is 6.70. The van der Waals surface area contributed by atoms with Crippen molar-refractivity contribution in [2.45, 2.75) is 77.2 Å². The van der Waals surface area contributed by atoms with Gasteiger partial charge in [-0.2, -0.15) is 0 Å². The smallest absolute Gasteiger partial charge is 0.305 e. The first-order valence-electron chi connectivity index (χ1n) is 12.1. The Bertz CT molecular complexity index is 1140. The second-order valence-corrected chi connectivity index (χ2v) is 11.1. The van der Waals surface area contributed by atoms with Crippen LogP contribution in [0.4, 0.5) is 5.69 Å². The SMILES string of the molecule is CCOC(=O)CCCC(=O)Nc1ccc(CCC(=O)O)cc1.Cc1ccccc1S(=O)(=O)NC(C)(C)C. The van der Waals surface area contributed by atoms with Crippen LogP contribution in [0.1, 0.15) is 64.5 Å². The van der Waals surface area contributed by atoms with Crippen LogP contribution in [-0.4, -0.2) is 43.5 Å². The first kappa shape index (κ1) is 31.8. The molecular formula is C27H38N2O7S. The number of carboxylic acid groups (broad SMARTS) is 1. The number of nitrogens with one attached hydrogen (secondary N) is 2. The molecule has 10 heteroatoms. The zero-order valence-corrected chi connectivity index (χ0v) is 23.0. The van der Waals surface area contributed by atoms with Crippen LogP contribution in [0, 0.1) is 6.92 Å². The first-order valence-corrected chi connectivity index (χ1v) is 13.6. The Hall–Kier alpha value is -3.24. The fraction of sp³-hybridized carbons (Fsp3) is 0.444. The van der Waals surface area contributed by atoms with Crippen LogP contribution >= 0.6 is 0 Å². The average molecular weight is 535 g/mol. The summed E-state index contributed by atoms with van der Waals surface area (Å²) in [6.45, 7) is 9.34. The molecule has 37 heavy (non-hydrogen) atoms. The number of hydrogen-bond donors (Lipinski definition) is 3. The van der Waals surface area contributed by atoms with E-state index >= 15 is 0 Å². The van der Waals surface area contributed by atoms with Gasteiger partial charge in [-0.25, -0.2) is 13.1 Å². The van der Waals surface area contributed by atoms with Crippen LogP contribution in [0.2, 0.25) is 0 Å². The van der Waals surface area contributed by atoms with Crippen LogP contribution in [-0.2, 0) is 35.6 Å². The number of rotatable bonds is 11. The number of carbonyl (C=O) groups excluding carboxylic acids is 2. The van der Waals surface area contributed by atoms with Crippen LogP contribution in [0.15, 0.2) is 53.4 Å². The second-order valence-electron chi connectivity index (χ2n) is 9.42. The number of esters is 1. The van der Waals surface area contributed by atoms with Crippen molar-refractivity contribution in [2.24, 2.45) is 0 Å². The van der Waals surface area contributed by atoms with E-state index in [9.17, 15) is 22.8 Å². The van der Waals surface area contributed by atoms with Crippen LogP contribution in [0.5, 0.6) is 0 Å². The summed E-state index contributed by atoms with van der Waals surface area (Å²) in [4.78, 5) is 33.7. The molecule has 0 bridgehead atoms. The van der Waals surface area contributed by atoms with Crippen molar-refractivity contribution in [2.75, 3.05) is 11.9 Å². The Morgan fingerprint density at radius 1 is 0.946 bits per heavy atom. The fourth-order valence-electron chi connectivity index (χ4n) is 3.17. The summed E-state index contributed by atoms with van der Waals surface area (Å²) in [7, 11) is -3.40. The Kier molecular flexibility index (Phi) is 13.0. The van der Waals surface area contributed by atoms with Gasteiger partial charge in [-0.15, -0.1) is 0 Å². The van der Waals surface area contributed by atoms with Gasteiger partial charge in [-0.3, -0.25) is 14.4 Å². The minimum Gasteiger partial charge on any atom is -0.481 e. The number of anilines is 1. The summed E-state index contributed by atoms with van der Waals surface area (Å²) in [6, 6.07) is 14.0. The number of sulfonamides is 1. The number of aliphatic carboxylic acids is 1. The summed E-state index contributed by atoms with van der Waals surface area (Å²) in [5, 5.41) is 11.3. The molecule has 1 amide bonds. The van der Waals surface area contributed by atoms with Gasteiger partial charge in [0.15, 0.2) is 0 Å². The molecule has 0 spiro atoms. The van der Waals surface area contributed by atoms with Gasteiger partial charge in [-0.05, 0) is 76.8 Å². The molecule has 204 valence electrons. The van der Waals surface area contributed by atoms with Crippen molar-refractivity contribution in [1.82, 2.24) is 4.72 Å². The van der Waals surface area contributed by atoms with Gasteiger partial charge in [0.05, 0.1) is 11.5 Å². The van der Waals surface area contributed by atoms with Crippen LogP contribution in [0.3, 0.4) is 0 Å². The molecule has 0 atom stereocenters. The number of aryl methyl sites for hydroxylation is 2. The molecule has 0 heterocycles. The van der Waals surface area contributed by atoms with E-state index in [0.29, 0.717) is 30.0 Å². The van der Waals surface area contributed by atoms with Gasteiger partial charge in [0.1, 0.15) is 0 Å². The number of ether oxygens (including phenoxy) is 1. The van der Waals surface area contributed by atoms with Gasteiger partial charge >= 0.3 is 11.9 Å². The van der Waals surface area contributed by atoms with Crippen molar-refractivity contribution in [3.05, 3.63) is 59.7 Å². The molecule has 2 rings (SSSR count). The summed E-state index contributed by atoms with van der Waals surface area (Å²) in [5.74, 6) is -1.29. The van der Waals surface area contributed by atoms with Crippen molar-refractivity contribution >= 4 is 33.6 Å². The van der Waals surface area contributed by atoms with Gasteiger partial charge in [0.25, 0.3) is 0 Å². The number of benzene rings is 2. The van der Waals surface area contributed by atoms with E-state index in [1.807, 2.05) is 26.8 Å². The minimum atomic E-state index is -3.40. The highest BCUT2D eigenvalue weighted by molar-refractivity contribution is 7.89. The molecular weight excluding hydrogens is 496 g/mol. The first-order chi connectivity index (χ1) is 17.2. The van der Waals surface area contributed by atoms with E-state index in [4.69, 9.17) is 9.84 Å². The molecule has 3 N–H and O–H groups in total. The third kappa shape index (κ3) is 13.6.